The number of nitrogens with one attached hydrogen (secondary N) is 1. The molecule has 1 aliphatic heterocycles. The second kappa shape index (κ2) is 9.00. The number of hydrogen-bond acceptors (Lipinski definition) is 3. The molecule has 1 amide bonds. The van der Waals surface area contributed by atoms with Gasteiger partial charge >= 0.3 is 0 Å². The van der Waals surface area contributed by atoms with Crippen LogP contribution in [0.2, 0.25) is 5.02 Å². The Hall–Kier alpha value is -2.77. The van der Waals surface area contributed by atoms with Crippen molar-refractivity contribution in [3.8, 4) is 6.07 Å². The van der Waals surface area contributed by atoms with Crippen LogP contribution in [0.15, 0.2) is 35.9 Å². The number of aryl methyl sites for hydroxylation is 1. The number of rotatable bonds is 4. The summed E-state index contributed by atoms with van der Waals surface area (Å²) in [5.41, 5.74) is 5.96. The molecule has 1 N–H and O–H groups in total. The lowest BCUT2D eigenvalue weighted by Gasteiger charge is -2.50. The maximum absolute atomic E-state index is 12.8. The summed E-state index contributed by atoms with van der Waals surface area (Å²) < 4.78 is 0. The number of amides is 1. The van der Waals surface area contributed by atoms with Crippen molar-refractivity contribution >= 4 is 35.0 Å². The van der Waals surface area contributed by atoms with Gasteiger partial charge in [0.25, 0.3) is 5.91 Å². The van der Waals surface area contributed by atoms with Crippen molar-refractivity contribution in [2.45, 2.75) is 72.4 Å². The van der Waals surface area contributed by atoms with Crippen LogP contribution in [0.5, 0.6) is 0 Å². The van der Waals surface area contributed by atoms with Crippen molar-refractivity contribution in [1.29, 1.82) is 5.26 Å². The van der Waals surface area contributed by atoms with Gasteiger partial charge in [0.1, 0.15) is 11.6 Å². The quantitative estimate of drug-likeness (QED) is 0.403. The van der Waals surface area contributed by atoms with E-state index >= 15 is 0 Å². The average Bonchev–Trinajstić information content (AvgIpc) is 2.69. The van der Waals surface area contributed by atoms with Crippen molar-refractivity contribution in [3.05, 3.63) is 63.2 Å². The fraction of sp³-hybridized carbons (Fsp3) is 0.407. The molecule has 168 valence electrons. The smallest absolute Gasteiger partial charge is 0.266 e. The molecule has 5 heteroatoms. The van der Waals surface area contributed by atoms with E-state index in [-0.39, 0.29) is 11.1 Å². The van der Waals surface area contributed by atoms with Crippen molar-refractivity contribution in [3.63, 3.8) is 0 Å². The van der Waals surface area contributed by atoms with E-state index in [0.717, 1.165) is 23.1 Å². The molecule has 0 unspecified atom stereocenters. The predicted octanol–water partition coefficient (Wildman–Crippen LogP) is 7.00. The van der Waals surface area contributed by atoms with Gasteiger partial charge in [-0.2, -0.15) is 5.26 Å². The molecule has 0 aromatic heterocycles. The molecule has 2 aromatic carbocycles. The molecular formula is C27H32ClN3O. The first kappa shape index (κ1) is 23.9. The van der Waals surface area contributed by atoms with Crippen LogP contribution >= 0.6 is 11.6 Å². The van der Waals surface area contributed by atoms with Gasteiger partial charge in [0, 0.05) is 28.0 Å². The summed E-state index contributed by atoms with van der Waals surface area (Å²) in [6.45, 7) is 15.2. The zero-order chi connectivity index (χ0) is 23.8. The number of nitriles is 1. The molecule has 32 heavy (non-hydrogen) atoms. The average molecular weight is 450 g/mol. The van der Waals surface area contributed by atoms with Crippen LogP contribution in [-0.2, 0) is 4.79 Å². The molecule has 0 aliphatic carbocycles. The van der Waals surface area contributed by atoms with Crippen LogP contribution < -0.4 is 10.2 Å². The molecule has 1 aliphatic rings. The molecule has 4 nitrogen and oxygen atoms in total. The molecule has 1 heterocycles. The summed E-state index contributed by atoms with van der Waals surface area (Å²) in [7, 11) is 0. The zero-order valence-corrected chi connectivity index (χ0v) is 20.8. The number of halogens is 1. The maximum Gasteiger partial charge on any atom is 0.266 e. The Bertz CT molecular complexity index is 1120. The molecule has 0 bridgehead atoms. The lowest BCUT2D eigenvalue weighted by Crippen LogP contribution is -2.51. The highest BCUT2D eigenvalue weighted by Gasteiger charge is 2.37. The third kappa shape index (κ3) is 4.54. The molecule has 0 fully saturated rings. The van der Waals surface area contributed by atoms with Gasteiger partial charge in [0.2, 0.25) is 0 Å². The van der Waals surface area contributed by atoms with E-state index in [0.29, 0.717) is 22.7 Å². The van der Waals surface area contributed by atoms with Crippen LogP contribution in [0.3, 0.4) is 0 Å². The molecule has 0 spiro atoms. The number of hydrogen-bond donors (Lipinski definition) is 1. The normalized spacial score (nSPS) is 17.7. The van der Waals surface area contributed by atoms with Gasteiger partial charge in [-0.15, -0.1) is 0 Å². The number of carbonyl (C=O) groups excluding carboxylic acids is 1. The van der Waals surface area contributed by atoms with Crippen LogP contribution in [-0.4, -0.2) is 17.5 Å². The molecule has 0 saturated carbocycles. The number of carbonyl (C=O) groups is 1. The van der Waals surface area contributed by atoms with Crippen molar-refractivity contribution in [1.82, 2.24) is 0 Å². The highest BCUT2D eigenvalue weighted by Crippen LogP contribution is 2.45. The molecular weight excluding hydrogens is 418 g/mol. The van der Waals surface area contributed by atoms with Crippen LogP contribution in [0, 0.1) is 25.2 Å². The van der Waals surface area contributed by atoms with Crippen LogP contribution in [0.25, 0.3) is 6.08 Å². The fourth-order valence-corrected chi connectivity index (χ4v) is 5.16. The van der Waals surface area contributed by atoms with E-state index in [2.05, 4.69) is 63.0 Å². The lowest BCUT2D eigenvalue weighted by atomic mass is 9.78. The first-order valence-electron chi connectivity index (χ1n) is 11.1. The summed E-state index contributed by atoms with van der Waals surface area (Å²) in [6.07, 6.45) is 2.74. The van der Waals surface area contributed by atoms with Crippen LogP contribution in [0.4, 0.5) is 11.4 Å². The van der Waals surface area contributed by atoms with Gasteiger partial charge in [0.05, 0.1) is 0 Å². The Morgan fingerprint density at radius 1 is 1.31 bits per heavy atom. The third-order valence-electron chi connectivity index (χ3n) is 6.36. The van der Waals surface area contributed by atoms with Gasteiger partial charge in [-0.25, -0.2) is 0 Å². The van der Waals surface area contributed by atoms with Gasteiger partial charge in [-0.1, -0.05) is 24.6 Å². The van der Waals surface area contributed by atoms with Gasteiger partial charge < -0.3 is 10.2 Å². The van der Waals surface area contributed by atoms with E-state index < -0.39 is 5.91 Å². The molecule has 0 saturated heterocycles. The highest BCUT2D eigenvalue weighted by atomic mass is 35.5. The third-order valence-corrected chi connectivity index (χ3v) is 6.77. The summed E-state index contributed by atoms with van der Waals surface area (Å²) in [4.78, 5) is 15.3. The highest BCUT2D eigenvalue weighted by molar-refractivity contribution is 6.31. The first-order chi connectivity index (χ1) is 15.0. The minimum absolute atomic E-state index is 0.0664. The predicted molar refractivity (Wildman–Crippen MR) is 134 cm³/mol. The largest absolute Gasteiger partial charge is 0.364 e. The summed E-state index contributed by atoms with van der Waals surface area (Å²) >= 11 is 6.16. The second-order valence-corrected chi connectivity index (χ2v) is 10.1. The zero-order valence-electron chi connectivity index (χ0n) is 20.0. The second-order valence-electron chi connectivity index (χ2n) is 9.69. The Kier molecular flexibility index (Phi) is 6.72. The van der Waals surface area contributed by atoms with Gasteiger partial charge in [0.15, 0.2) is 0 Å². The molecule has 0 radical (unpaired) electrons. The summed E-state index contributed by atoms with van der Waals surface area (Å²) in [6, 6.07) is 12.1. The van der Waals surface area contributed by atoms with Crippen molar-refractivity contribution < 1.29 is 4.79 Å². The SMILES string of the molecule is Cc1cc2c(cc1/C=C(/C#N)C(=O)Nc1cccc(Cl)c1C)[C@H](C)CC(C)(C)N2C(C)C. The summed E-state index contributed by atoms with van der Waals surface area (Å²) in [5.74, 6) is -0.0517. The minimum Gasteiger partial charge on any atom is -0.364 e. The van der Waals surface area contributed by atoms with E-state index in [1.807, 2.05) is 13.8 Å². The lowest BCUT2D eigenvalue weighted by molar-refractivity contribution is -0.112. The topological polar surface area (TPSA) is 56.1 Å². The van der Waals surface area contributed by atoms with E-state index in [4.69, 9.17) is 11.6 Å². The Morgan fingerprint density at radius 3 is 2.62 bits per heavy atom. The van der Waals surface area contributed by atoms with Gasteiger partial charge in [-0.05, 0) is 106 Å². The maximum atomic E-state index is 12.8. The Morgan fingerprint density at radius 2 is 2.00 bits per heavy atom. The summed E-state index contributed by atoms with van der Waals surface area (Å²) in [5, 5.41) is 13.1. The molecule has 2 aromatic rings. The van der Waals surface area contributed by atoms with Crippen molar-refractivity contribution in [2.75, 3.05) is 10.2 Å². The van der Waals surface area contributed by atoms with E-state index in [1.54, 1.807) is 24.3 Å². The standard InChI is InChI=1S/C27H32ClN3O/c1-16(2)31-25-11-17(3)20(13-22(25)18(4)14-27(31,6)7)12-21(15-29)26(32)30-24-10-8-9-23(28)19(24)5/h8-13,16,18H,14H2,1-7H3,(H,30,32)/b21-12-/t18-/m1/s1. The van der Waals surface area contributed by atoms with Crippen molar-refractivity contribution in [2.24, 2.45) is 0 Å². The number of fused-ring (bicyclic) bond motifs is 1. The Balaban J connectivity index is 2.01. The minimum atomic E-state index is -0.437. The fourth-order valence-electron chi connectivity index (χ4n) is 4.98. The first-order valence-corrected chi connectivity index (χ1v) is 11.5. The number of nitrogens with zero attached hydrogens (tertiary/aromatic N) is 2. The molecule has 3 rings (SSSR count). The van der Waals surface area contributed by atoms with E-state index in [9.17, 15) is 10.1 Å². The van der Waals surface area contributed by atoms with E-state index in [1.165, 1.54) is 11.3 Å². The molecule has 1 atom stereocenters. The monoisotopic (exact) mass is 449 g/mol. The van der Waals surface area contributed by atoms with Crippen LogP contribution in [0.1, 0.15) is 69.2 Å². The number of benzene rings is 2. The Labute approximate surface area is 196 Å². The van der Waals surface area contributed by atoms with Gasteiger partial charge in [-0.3, -0.25) is 4.79 Å². The number of anilines is 2.